The maximum absolute atomic E-state index is 13.8. The average Bonchev–Trinajstić information content (AvgIpc) is 3.32. The first-order valence-electron chi connectivity index (χ1n) is 13.6. The smallest absolute Gasteiger partial charge is 0.239 e. The highest BCUT2D eigenvalue weighted by molar-refractivity contribution is 6.01. The van der Waals surface area contributed by atoms with Gasteiger partial charge in [0, 0.05) is 24.2 Å². The summed E-state index contributed by atoms with van der Waals surface area (Å²) in [5.41, 5.74) is 4.63. The van der Waals surface area contributed by atoms with Crippen LogP contribution in [0.4, 0.5) is 11.4 Å². The minimum absolute atomic E-state index is 0.0820. The molecule has 7 heteroatoms. The molecule has 6 rings (SSSR count). The summed E-state index contributed by atoms with van der Waals surface area (Å²) < 4.78 is 10.9. The highest BCUT2D eigenvalue weighted by atomic mass is 16.7. The molecular formula is C31H35N3O4. The van der Waals surface area contributed by atoms with Gasteiger partial charge in [0.2, 0.25) is 12.7 Å². The molecule has 0 aromatic heterocycles. The molecule has 4 aliphatic rings. The Labute approximate surface area is 223 Å². The SMILES string of the molecule is CC1(C)CC(=O)C2=C(C1)Nc1ccccc1N(CC(=O)NCc1ccc3c(c1)OCO3)C2C1CC=CCC1. The number of Topliss-reactive ketones (excluding diaryl/α,β-unsaturated/α-hetero) is 1. The number of carbonyl (C=O) groups is 2. The number of amides is 1. The number of ether oxygens (including phenoxy) is 2. The Morgan fingerprint density at radius 1 is 1.11 bits per heavy atom. The maximum Gasteiger partial charge on any atom is 0.239 e. The molecule has 2 aromatic carbocycles. The van der Waals surface area contributed by atoms with Gasteiger partial charge in [-0.3, -0.25) is 9.59 Å². The van der Waals surface area contributed by atoms with Gasteiger partial charge in [0.15, 0.2) is 17.3 Å². The van der Waals surface area contributed by atoms with E-state index in [1.165, 1.54) is 0 Å². The van der Waals surface area contributed by atoms with Gasteiger partial charge in [-0.2, -0.15) is 0 Å². The van der Waals surface area contributed by atoms with Crippen LogP contribution in [0.15, 0.2) is 65.9 Å². The third kappa shape index (κ3) is 4.77. The van der Waals surface area contributed by atoms with Crippen molar-refractivity contribution in [1.82, 2.24) is 5.32 Å². The van der Waals surface area contributed by atoms with E-state index in [9.17, 15) is 9.59 Å². The van der Waals surface area contributed by atoms with Crippen molar-refractivity contribution >= 4 is 23.1 Å². The van der Waals surface area contributed by atoms with Crippen molar-refractivity contribution in [2.75, 3.05) is 23.6 Å². The first-order valence-corrected chi connectivity index (χ1v) is 13.6. The quantitative estimate of drug-likeness (QED) is 0.526. The molecule has 38 heavy (non-hydrogen) atoms. The Hall–Kier alpha value is -3.74. The summed E-state index contributed by atoms with van der Waals surface area (Å²) in [6, 6.07) is 13.7. The predicted octanol–water partition coefficient (Wildman–Crippen LogP) is 5.33. The number of anilines is 2. The number of nitrogens with zero attached hydrogens (tertiary/aromatic N) is 1. The second-order valence-electron chi connectivity index (χ2n) is 11.6. The Bertz CT molecular complexity index is 1330. The van der Waals surface area contributed by atoms with Crippen molar-refractivity contribution in [3.63, 3.8) is 0 Å². The van der Waals surface area contributed by atoms with Crippen LogP contribution in [0.25, 0.3) is 0 Å². The number of ketones is 1. The van der Waals surface area contributed by atoms with Gasteiger partial charge in [0.1, 0.15) is 0 Å². The van der Waals surface area contributed by atoms with Gasteiger partial charge in [-0.15, -0.1) is 0 Å². The van der Waals surface area contributed by atoms with Crippen molar-refractivity contribution in [3.8, 4) is 11.5 Å². The maximum atomic E-state index is 13.8. The largest absolute Gasteiger partial charge is 0.454 e. The van der Waals surface area contributed by atoms with Crippen molar-refractivity contribution in [2.45, 2.75) is 58.5 Å². The summed E-state index contributed by atoms with van der Waals surface area (Å²) in [4.78, 5) is 29.4. The lowest BCUT2D eigenvalue weighted by Crippen LogP contribution is -2.49. The van der Waals surface area contributed by atoms with Gasteiger partial charge in [-0.1, -0.05) is 44.2 Å². The van der Waals surface area contributed by atoms with Crippen molar-refractivity contribution < 1.29 is 19.1 Å². The molecule has 0 fully saturated rings. The van der Waals surface area contributed by atoms with E-state index in [0.29, 0.717) is 18.7 Å². The van der Waals surface area contributed by atoms with Crippen molar-refractivity contribution in [1.29, 1.82) is 0 Å². The second-order valence-corrected chi connectivity index (χ2v) is 11.6. The molecule has 0 bridgehead atoms. The zero-order valence-electron chi connectivity index (χ0n) is 22.1. The topological polar surface area (TPSA) is 79.9 Å². The molecular weight excluding hydrogens is 478 g/mol. The Kier molecular flexibility index (Phi) is 6.38. The van der Waals surface area contributed by atoms with Crippen LogP contribution >= 0.6 is 0 Å². The fourth-order valence-corrected chi connectivity index (χ4v) is 6.33. The lowest BCUT2D eigenvalue weighted by Gasteiger charge is -2.41. The van der Waals surface area contributed by atoms with E-state index in [0.717, 1.165) is 59.6 Å². The third-order valence-electron chi connectivity index (χ3n) is 8.05. The summed E-state index contributed by atoms with van der Waals surface area (Å²) >= 11 is 0. The van der Waals surface area contributed by atoms with E-state index in [1.807, 2.05) is 36.4 Å². The van der Waals surface area contributed by atoms with Crippen LogP contribution in [0.1, 0.15) is 51.5 Å². The molecule has 2 heterocycles. The highest BCUT2D eigenvalue weighted by Gasteiger charge is 2.43. The highest BCUT2D eigenvalue weighted by Crippen LogP contribution is 2.46. The third-order valence-corrected chi connectivity index (χ3v) is 8.05. The summed E-state index contributed by atoms with van der Waals surface area (Å²) in [6.45, 7) is 5.10. The molecule has 2 N–H and O–H groups in total. The fourth-order valence-electron chi connectivity index (χ4n) is 6.33. The molecule has 0 saturated carbocycles. The summed E-state index contributed by atoms with van der Waals surface area (Å²) in [7, 11) is 0. The van der Waals surface area contributed by atoms with Gasteiger partial charge in [0.05, 0.1) is 24.0 Å². The van der Waals surface area contributed by atoms with E-state index < -0.39 is 0 Å². The molecule has 2 aliphatic carbocycles. The van der Waals surface area contributed by atoms with E-state index in [2.05, 4.69) is 47.6 Å². The Morgan fingerprint density at radius 3 is 2.79 bits per heavy atom. The van der Waals surface area contributed by atoms with Gasteiger partial charge in [0.25, 0.3) is 0 Å². The first kappa shape index (κ1) is 24.6. The van der Waals surface area contributed by atoms with Gasteiger partial charge < -0.3 is 25.0 Å². The number of rotatable bonds is 5. The summed E-state index contributed by atoms with van der Waals surface area (Å²) in [5, 5.41) is 6.74. The monoisotopic (exact) mass is 513 g/mol. The number of benzene rings is 2. The Morgan fingerprint density at radius 2 is 1.95 bits per heavy atom. The number of nitrogens with one attached hydrogen (secondary N) is 2. The second kappa shape index (κ2) is 9.86. The molecule has 0 spiro atoms. The predicted molar refractivity (Wildman–Crippen MR) is 147 cm³/mol. The molecule has 198 valence electrons. The minimum atomic E-state index is -0.161. The molecule has 0 saturated heterocycles. The van der Waals surface area contributed by atoms with Gasteiger partial charge in [-0.05, 0) is 66.8 Å². The molecule has 2 atom stereocenters. The van der Waals surface area contributed by atoms with E-state index in [4.69, 9.17) is 9.47 Å². The molecule has 0 radical (unpaired) electrons. The Balaban J connectivity index is 1.32. The van der Waals surface area contributed by atoms with Crippen molar-refractivity contribution in [2.24, 2.45) is 11.3 Å². The van der Waals surface area contributed by atoms with Crippen LogP contribution in [-0.2, 0) is 16.1 Å². The van der Waals surface area contributed by atoms with Gasteiger partial charge >= 0.3 is 0 Å². The first-order chi connectivity index (χ1) is 18.4. The summed E-state index contributed by atoms with van der Waals surface area (Å²) in [6.07, 6.45) is 8.67. The van der Waals surface area contributed by atoms with Crippen molar-refractivity contribution in [3.05, 3.63) is 71.5 Å². The van der Waals surface area contributed by atoms with E-state index in [1.54, 1.807) is 0 Å². The zero-order chi connectivity index (χ0) is 26.3. The number of hydrogen-bond acceptors (Lipinski definition) is 6. The number of hydrogen-bond donors (Lipinski definition) is 2. The molecule has 7 nitrogen and oxygen atoms in total. The fraction of sp³-hybridized carbons (Fsp3) is 0.419. The number of fused-ring (bicyclic) bond motifs is 2. The lowest BCUT2D eigenvalue weighted by molar-refractivity contribution is -0.121. The number of para-hydroxylation sites is 2. The zero-order valence-corrected chi connectivity index (χ0v) is 22.1. The van der Waals surface area contributed by atoms with E-state index >= 15 is 0 Å². The van der Waals surface area contributed by atoms with Crippen LogP contribution in [-0.4, -0.2) is 31.1 Å². The molecule has 2 aromatic rings. The van der Waals surface area contributed by atoms with Crippen LogP contribution in [0, 0.1) is 11.3 Å². The summed E-state index contributed by atoms with van der Waals surface area (Å²) in [5.74, 6) is 1.79. The van der Waals surface area contributed by atoms with Gasteiger partial charge in [-0.25, -0.2) is 0 Å². The average molecular weight is 514 g/mol. The molecule has 2 unspecified atom stereocenters. The lowest BCUT2D eigenvalue weighted by atomic mass is 9.71. The number of allylic oxidation sites excluding steroid dienone is 3. The molecule has 1 amide bonds. The normalized spacial score (nSPS) is 23.3. The van der Waals surface area contributed by atoms with Crippen LogP contribution in [0.2, 0.25) is 0 Å². The minimum Gasteiger partial charge on any atom is -0.454 e. The van der Waals surface area contributed by atoms with Crippen LogP contribution in [0.3, 0.4) is 0 Å². The van der Waals surface area contributed by atoms with Crippen LogP contribution in [0.5, 0.6) is 11.5 Å². The number of carbonyl (C=O) groups excluding carboxylic acids is 2. The van der Waals surface area contributed by atoms with Crippen LogP contribution < -0.4 is 25.0 Å². The van der Waals surface area contributed by atoms with E-state index in [-0.39, 0.29) is 42.4 Å². The standard InChI is InChI=1S/C31H35N3O4/c1-31(2)15-23-29(25(35)16-31)30(21-8-4-3-5-9-21)34(24-11-7-6-10-22(24)33-23)18-28(36)32-17-20-12-13-26-27(14-20)38-19-37-26/h3-4,6-7,10-14,21,30,33H,5,8-9,15-19H2,1-2H3,(H,32,36). The molecule has 2 aliphatic heterocycles.